The Morgan fingerprint density at radius 2 is 2.00 bits per heavy atom. The molecule has 2 rings (SSSR count). The van der Waals surface area contributed by atoms with Gasteiger partial charge in [-0.1, -0.05) is 17.7 Å². The number of esters is 1. The average molecular weight is 272 g/mol. The maximum absolute atomic E-state index is 11.6. The van der Waals surface area contributed by atoms with Crippen LogP contribution in [0.15, 0.2) is 30.5 Å². The van der Waals surface area contributed by atoms with Crippen LogP contribution in [0.5, 0.6) is 11.6 Å². The van der Waals surface area contributed by atoms with E-state index in [0.717, 1.165) is 11.1 Å². The van der Waals surface area contributed by atoms with Crippen LogP contribution in [0.3, 0.4) is 0 Å². The van der Waals surface area contributed by atoms with Gasteiger partial charge in [-0.25, -0.2) is 9.78 Å². The molecule has 0 radical (unpaired) electrons. The summed E-state index contributed by atoms with van der Waals surface area (Å²) in [5.74, 6) is 0.464. The summed E-state index contributed by atoms with van der Waals surface area (Å²) in [6, 6.07) is 7.29. The zero-order valence-electron chi connectivity index (χ0n) is 11.6. The van der Waals surface area contributed by atoms with Crippen molar-refractivity contribution in [2.75, 3.05) is 12.8 Å². The highest BCUT2D eigenvalue weighted by Gasteiger charge is 2.13. The third-order valence-electron chi connectivity index (χ3n) is 2.86. The monoisotopic (exact) mass is 272 g/mol. The summed E-state index contributed by atoms with van der Waals surface area (Å²) < 4.78 is 10.3. The Hall–Kier alpha value is -2.56. The molecule has 5 nitrogen and oxygen atoms in total. The van der Waals surface area contributed by atoms with Gasteiger partial charge < -0.3 is 15.2 Å². The Labute approximate surface area is 117 Å². The van der Waals surface area contributed by atoms with Crippen molar-refractivity contribution in [3.63, 3.8) is 0 Å². The first kappa shape index (κ1) is 13.9. The number of methoxy groups -OCH3 is 1. The van der Waals surface area contributed by atoms with Crippen LogP contribution in [-0.2, 0) is 4.74 Å². The molecule has 0 fully saturated rings. The van der Waals surface area contributed by atoms with Crippen LogP contribution in [0.4, 0.5) is 5.69 Å². The van der Waals surface area contributed by atoms with Gasteiger partial charge in [0.25, 0.3) is 0 Å². The van der Waals surface area contributed by atoms with Gasteiger partial charge in [-0.05, 0) is 25.5 Å². The molecule has 0 aliphatic heterocycles. The number of nitrogens with zero attached hydrogens (tertiary/aromatic N) is 1. The van der Waals surface area contributed by atoms with E-state index >= 15 is 0 Å². The molecular formula is C15H16N2O3. The number of aromatic nitrogens is 1. The summed E-state index contributed by atoms with van der Waals surface area (Å²) in [6.07, 6.45) is 1.38. The molecule has 0 unspecified atom stereocenters. The van der Waals surface area contributed by atoms with E-state index in [2.05, 4.69) is 9.72 Å². The molecule has 0 saturated heterocycles. The first-order valence-corrected chi connectivity index (χ1v) is 6.10. The molecule has 2 N–H and O–H groups in total. The standard InChI is InChI=1S/C15H16N2O3/c1-9-4-5-13(10(2)6-9)20-14-7-11(15(18)19-3)12(16)8-17-14/h4-8H,16H2,1-3H3. The lowest BCUT2D eigenvalue weighted by Crippen LogP contribution is -2.06. The molecule has 0 atom stereocenters. The highest BCUT2D eigenvalue weighted by atomic mass is 16.5. The zero-order valence-corrected chi connectivity index (χ0v) is 11.6. The van der Waals surface area contributed by atoms with E-state index in [1.807, 2.05) is 32.0 Å². The number of pyridine rings is 1. The molecule has 0 aliphatic carbocycles. The van der Waals surface area contributed by atoms with E-state index < -0.39 is 5.97 Å². The van der Waals surface area contributed by atoms with Gasteiger partial charge in [0.2, 0.25) is 5.88 Å². The number of anilines is 1. The van der Waals surface area contributed by atoms with E-state index in [-0.39, 0.29) is 11.3 Å². The van der Waals surface area contributed by atoms with E-state index in [0.29, 0.717) is 11.6 Å². The predicted molar refractivity (Wildman–Crippen MR) is 76.0 cm³/mol. The number of carbonyl (C=O) groups is 1. The molecule has 1 aromatic carbocycles. The van der Waals surface area contributed by atoms with Crippen LogP contribution in [-0.4, -0.2) is 18.1 Å². The zero-order chi connectivity index (χ0) is 14.7. The van der Waals surface area contributed by atoms with Crippen LogP contribution in [0.25, 0.3) is 0 Å². The number of rotatable bonds is 3. The lowest BCUT2D eigenvalue weighted by atomic mass is 10.1. The Morgan fingerprint density at radius 3 is 2.65 bits per heavy atom. The van der Waals surface area contributed by atoms with E-state index in [1.165, 1.54) is 19.4 Å². The first-order valence-electron chi connectivity index (χ1n) is 6.10. The third kappa shape index (κ3) is 2.88. The average Bonchev–Trinajstić information content (AvgIpc) is 2.43. The maximum atomic E-state index is 11.6. The molecule has 0 aliphatic rings. The van der Waals surface area contributed by atoms with Crippen LogP contribution in [0.2, 0.25) is 0 Å². The molecule has 0 bridgehead atoms. The van der Waals surface area contributed by atoms with Crippen LogP contribution < -0.4 is 10.5 Å². The number of benzene rings is 1. The van der Waals surface area contributed by atoms with Gasteiger partial charge >= 0.3 is 5.97 Å². The molecular weight excluding hydrogens is 256 g/mol. The summed E-state index contributed by atoms with van der Waals surface area (Å²) in [5, 5.41) is 0. The van der Waals surface area contributed by atoms with Crippen molar-refractivity contribution in [2.24, 2.45) is 0 Å². The summed E-state index contributed by atoms with van der Waals surface area (Å²) in [6.45, 7) is 3.95. The van der Waals surface area contributed by atoms with Crippen LogP contribution in [0.1, 0.15) is 21.5 Å². The Kier molecular flexibility index (Phi) is 3.89. The van der Waals surface area contributed by atoms with Crippen molar-refractivity contribution in [3.8, 4) is 11.6 Å². The topological polar surface area (TPSA) is 74.4 Å². The second-order valence-electron chi connectivity index (χ2n) is 4.47. The number of aryl methyl sites for hydroxylation is 2. The van der Waals surface area contributed by atoms with E-state index in [4.69, 9.17) is 10.5 Å². The number of hydrogen-bond acceptors (Lipinski definition) is 5. The van der Waals surface area contributed by atoms with Gasteiger partial charge in [-0.3, -0.25) is 0 Å². The van der Waals surface area contributed by atoms with E-state index in [9.17, 15) is 4.79 Å². The summed E-state index contributed by atoms with van der Waals surface area (Å²) in [7, 11) is 1.30. The Bertz CT molecular complexity index is 654. The highest BCUT2D eigenvalue weighted by Crippen LogP contribution is 2.26. The molecule has 2 aromatic rings. The predicted octanol–water partition coefficient (Wildman–Crippen LogP) is 2.86. The third-order valence-corrected chi connectivity index (χ3v) is 2.86. The largest absolute Gasteiger partial charge is 0.465 e. The summed E-state index contributed by atoms with van der Waals surface area (Å²) in [4.78, 5) is 15.6. The van der Waals surface area contributed by atoms with Crippen molar-refractivity contribution in [2.45, 2.75) is 13.8 Å². The molecule has 0 saturated carbocycles. The number of nitrogen functional groups attached to an aromatic ring is 1. The van der Waals surface area contributed by atoms with Crippen molar-refractivity contribution in [3.05, 3.63) is 47.2 Å². The van der Waals surface area contributed by atoms with Gasteiger partial charge in [0.1, 0.15) is 5.75 Å². The molecule has 1 heterocycles. The van der Waals surface area contributed by atoms with Gasteiger partial charge in [0.05, 0.1) is 24.6 Å². The number of ether oxygens (including phenoxy) is 2. The van der Waals surface area contributed by atoms with Crippen LogP contribution >= 0.6 is 0 Å². The molecule has 5 heteroatoms. The van der Waals surface area contributed by atoms with Gasteiger partial charge in [0.15, 0.2) is 0 Å². The van der Waals surface area contributed by atoms with Gasteiger partial charge in [-0.2, -0.15) is 0 Å². The van der Waals surface area contributed by atoms with Gasteiger partial charge in [-0.15, -0.1) is 0 Å². The fourth-order valence-electron chi connectivity index (χ4n) is 1.82. The molecule has 20 heavy (non-hydrogen) atoms. The van der Waals surface area contributed by atoms with Crippen molar-refractivity contribution in [1.29, 1.82) is 0 Å². The lowest BCUT2D eigenvalue weighted by molar-refractivity contribution is 0.0601. The molecule has 0 amide bonds. The summed E-state index contributed by atoms with van der Waals surface area (Å²) >= 11 is 0. The minimum Gasteiger partial charge on any atom is -0.465 e. The van der Waals surface area contributed by atoms with Crippen molar-refractivity contribution < 1.29 is 14.3 Å². The number of hydrogen-bond donors (Lipinski definition) is 1. The quantitative estimate of drug-likeness (QED) is 0.869. The minimum atomic E-state index is -0.518. The second-order valence-corrected chi connectivity index (χ2v) is 4.47. The SMILES string of the molecule is COC(=O)c1cc(Oc2ccc(C)cc2C)ncc1N. The summed E-state index contributed by atoms with van der Waals surface area (Å²) in [5.41, 5.74) is 8.32. The Morgan fingerprint density at radius 1 is 1.25 bits per heavy atom. The van der Waals surface area contributed by atoms with Crippen molar-refractivity contribution >= 4 is 11.7 Å². The minimum absolute atomic E-state index is 0.238. The lowest BCUT2D eigenvalue weighted by Gasteiger charge is -2.10. The first-order chi connectivity index (χ1) is 9.51. The highest BCUT2D eigenvalue weighted by molar-refractivity contribution is 5.95. The molecule has 1 aromatic heterocycles. The fraction of sp³-hybridized carbons (Fsp3) is 0.200. The second kappa shape index (κ2) is 5.61. The van der Waals surface area contributed by atoms with Gasteiger partial charge in [0, 0.05) is 6.07 Å². The Balaban J connectivity index is 2.32. The van der Waals surface area contributed by atoms with E-state index in [1.54, 1.807) is 0 Å². The fourth-order valence-corrected chi connectivity index (χ4v) is 1.82. The normalized spacial score (nSPS) is 10.2. The molecule has 0 spiro atoms. The van der Waals surface area contributed by atoms with Crippen molar-refractivity contribution in [1.82, 2.24) is 4.98 Å². The number of nitrogens with two attached hydrogens (primary N) is 1. The maximum Gasteiger partial charge on any atom is 0.340 e. The number of carbonyl (C=O) groups excluding carboxylic acids is 1. The van der Waals surface area contributed by atoms with Crippen LogP contribution in [0, 0.1) is 13.8 Å². The molecule has 104 valence electrons. The smallest absolute Gasteiger partial charge is 0.340 e.